The molecule has 2 aromatic heterocycles. The van der Waals surface area contributed by atoms with Crippen molar-refractivity contribution in [3.8, 4) is 17.3 Å². The molecule has 0 aliphatic heterocycles. The molecule has 138 valence electrons. The van der Waals surface area contributed by atoms with Crippen molar-refractivity contribution in [3.63, 3.8) is 0 Å². The second-order valence-corrected chi connectivity index (χ2v) is 6.63. The lowest BCUT2D eigenvalue weighted by Gasteiger charge is -2.28. The SMILES string of the molecule is O=C(NC1CCC(Oc2ncccn2)CC1)c1cc(-c2ccccc2)n[nH]1. The van der Waals surface area contributed by atoms with Crippen molar-refractivity contribution >= 4 is 5.91 Å². The van der Waals surface area contributed by atoms with Crippen LogP contribution in [-0.4, -0.2) is 38.2 Å². The lowest BCUT2D eigenvalue weighted by Crippen LogP contribution is -2.40. The summed E-state index contributed by atoms with van der Waals surface area (Å²) in [5.74, 6) is -0.125. The number of benzene rings is 1. The maximum atomic E-state index is 12.5. The van der Waals surface area contributed by atoms with E-state index in [4.69, 9.17) is 4.74 Å². The Morgan fingerprint density at radius 1 is 1.04 bits per heavy atom. The first kappa shape index (κ1) is 17.2. The normalized spacial score (nSPS) is 19.4. The molecule has 1 aliphatic rings. The van der Waals surface area contributed by atoms with Crippen molar-refractivity contribution in [2.24, 2.45) is 0 Å². The zero-order valence-electron chi connectivity index (χ0n) is 14.8. The van der Waals surface area contributed by atoms with Gasteiger partial charge in [-0.15, -0.1) is 0 Å². The first-order valence-electron chi connectivity index (χ1n) is 9.13. The van der Waals surface area contributed by atoms with Crippen LogP contribution < -0.4 is 10.1 Å². The van der Waals surface area contributed by atoms with Crippen LogP contribution in [0.4, 0.5) is 0 Å². The van der Waals surface area contributed by atoms with E-state index in [9.17, 15) is 4.79 Å². The zero-order valence-corrected chi connectivity index (χ0v) is 14.8. The molecule has 2 heterocycles. The number of nitrogens with one attached hydrogen (secondary N) is 2. The van der Waals surface area contributed by atoms with E-state index in [1.54, 1.807) is 24.5 Å². The van der Waals surface area contributed by atoms with Crippen LogP contribution in [0.1, 0.15) is 36.2 Å². The highest BCUT2D eigenvalue weighted by Crippen LogP contribution is 2.23. The molecule has 0 saturated heterocycles. The third kappa shape index (κ3) is 4.31. The molecule has 7 nitrogen and oxygen atoms in total. The van der Waals surface area contributed by atoms with Gasteiger partial charge < -0.3 is 10.1 Å². The van der Waals surface area contributed by atoms with Gasteiger partial charge in [0, 0.05) is 24.0 Å². The van der Waals surface area contributed by atoms with Crippen LogP contribution in [-0.2, 0) is 0 Å². The third-order valence-electron chi connectivity index (χ3n) is 4.72. The molecule has 4 rings (SSSR count). The lowest BCUT2D eigenvalue weighted by atomic mass is 9.93. The summed E-state index contributed by atoms with van der Waals surface area (Å²) in [6.45, 7) is 0. The summed E-state index contributed by atoms with van der Waals surface area (Å²) in [5, 5.41) is 10.2. The highest BCUT2D eigenvalue weighted by Gasteiger charge is 2.25. The molecule has 2 N–H and O–H groups in total. The van der Waals surface area contributed by atoms with E-state index >= 15 is 0 Å². The Balaban J connectivity index is 1.29. The predicted molar refractivity (Wildman–Crippen MR) is 100 cm³/mol. The molecule has 0 radical (unpaired) electrons. The number of hydrogen-bond acceptors (Lipinski definition) is 5. The Kier molecular flexibility index (Phi) is 5.09. The van der Waals surface area contributed by atoms with Crippen molar-refractivity contribution in [2.75, 3.05) is 0 Å². The van der Waals surface area contributed by atoms with Crippen molar-refractivity contribution in [1.29, 1.82) is 0 Å². The predicted octanol–water partition coefficient (Wildman–Crippen LogP) is 2.99. The highest BCUT2D eigenvalue weighted by atomic mass is 16.5. The summed E-state index contributed by atoms with van der Waals surface area (Å²) in [5.41, 5.74) is 2.22. The smallest absolute Gasteiger partial charge is 0.316 e. The topological polar surface area (TPSA) is 92.8 Å². The number of carbonyl (C=O) groups excluding carboxylic acids is 1. The molecule has 27 heavy (non-hydrogen) atoms. The number of aromatic nitrogens is 4. The zero-order chi connectivity index (χ0) is 18.5. The second-order valence-electron chi connectivity index (χ2n) is 6.63. The molecule has 1 amide bonds. The van der Waals surface area contributed by atoms with Gasteiger partial charge in [0.1, 0.15) is 11.8 Å². The molecule has 1 fully saturated rings. The van der Waals surface area contributed by atoms with E-state index < -0.39 is 0 Å². The average Bonchev–Trinajstić information content (AvgIpc) is 3.21. The van der Waals surface area contributed by atoms with Gasteiger partial charge in [-0.2, -0.15) is 5.10 Å². The van der Waals surface area contributed by atoms with Crippen LogP contribution in [0.15, 0.2) is 54.9 Å². The van der Waals surface area contributed by atoms with Gasteiger partial charge in [0.15, 0.2) is 0 Å². The molecule has 1 aromatic carbocycles. The number of rotatable bonds is 5. The molecule has 1 saturated carbocycles. The maximum Gasteiger partial charge on any atom is 0.316 e. The van der Waals surface area contributed by atoms with Gasteiger partial charge in [0.2, 0.25) is 0 Å². The summed E-state index contributed by atoms with van der Waals surface area (Å²) in [6, 6.07) is 13.9. The Hall–Kier alpha value is -3.22. The van der Waals surface area contributed by atoms with E-state index in [1.807, 2.05) is 30.3 Å². The van der Waals surface area contributed by atoms with Crippen molar-refractivity contribution in [1.82, 2.24) is 25.5 Å². The summed E-state index contributed by atoms with van der Waals surface area (Å²) in [4.78, 5) is 20.7. The molecule has 1 aliphatic carbocycles. The van der Waals surface area contributed by atoms with E-state index in [2.05, 4.69) is 25.5 Å². The fourth-order valence-electron chi connectivity index (χ4n) is 3.28. The lowest BCUT2D eigenvalue weighted by molar-refractivity contribution is 0.0880. The van der Waals surface area contributed by atoms with Gasteiger partial charge >= 0.3 is 6.01 Å². The van der Waals surface area contributed by atoms with Crippen LogP contribution >= 0.6 is 0 Å². The molecule has 3 aromatic rings. The van der Waals surface area contributed by atoms with Crippen LogP contribution in [0, 0.1) is 0 Å². The summed E-state index contributed by atoms with van der Waals surface area (Å²) in [7, 11) is 0. The summed E-state index contributed by atoms with van der Waals surface area (Å²) in [6.07, 6.45) is 6.89. The fraction of sp³-hybridized carbons (Fsp3) is 0.300. The standard InChI is InChI=1S/C20H21N5O2/c26-19(18-13-17(24-25-18)14-5-2-1-3-6-14)23-15-7-9-16(10-8-15)27-20-21-11-4-12-22-20/h1-6,11-13,15-16H,7-10H2,(H,23,26)(H,24,25). The molecular weight excluding hydrogens is 342 g/mol. The third-order valence-corrected chi connectivity index (χ3v) is 4.72. The molecule has 0 atom stereocenters. The van der Waals surface area contributed by atoms with E-state index in [-0.39, 0.29) is 18.1 Å². The van der Waals surface area contributed by atoms with E-state index in [0.717, 1.165) is 36.9 Å². The Morgan fingerprint density at radius 3 is 2.52 bits per heavy atom. The van der Waals surface area contributed by atoms with Gasteiger partial charge in [-0.1, -0.05) is 30.3 Å². The number of nitrogens with zero attached hydrogens (tertiary/aromatic N) is 3. The number of hydrogen-bond donors (Lipinski definition) is 2. The highest BCUT2D eigenvalue weighted by molar-refractivity contribution is 5.93. The first-order valence-corrected chi connectivity index (χ1v) is 9.13. The van der Waals surface area contributed by atoms with Crippen molar-refractivity contribution in [3.05, 3.63) is 60.6 Å². The van der Waals surface area contributed by atoms with Crippen LogP contribution in [0.25, 0.3) is 11.3 Å². The Labute approximate surface area is 157 Å². The number of ether oxygens (including phenoxy) is 1. The minimum absolute atomic E-state index is 0.0948. The maximum absolute atomic E-state index is 12.5. The van der Waals surface area contributed by atoms with Gasteiger partial charge in [-0.25, -0.2) is 9.97 Å². The van der Waals surface area contributed by atoms with Crippen molar-refractivity contribution < 1.29 is 9.53 Å². The van der Waals surface area contributed by atoms with Gasteiger partial charge in [-0.05, 0) is 37.8 Å². The fourth-order valence-corrected chi connectivity index (χ4v) is 3.28. The minimum Gasteiger partial charge on any atom is -0.460 e. The molecule has 0 bridgehead atoms. The number of carbonyl (C=O) groups is 1. The second kappa shape index (κ2) is 7.99. The summed E-state index contributed by atoms with van der Waals surface area (Å²) < 4.78 is 5.79. The number of aromatic amines is 1. The first-order chi connectivity index (χ1) is 13.3. The Morgan fingerprint density at radius 2 is 1.78 bits per heavy atom. The van der Waals surface area contributed by atoms with Gasteiger partial charge in [0.05, 0.1) is 5.69 Å². The minimum atomic E-state index is -0.125. The van der Waals surface area contributed by atoms with Crippen LogP contribution in [0.2, 0.25) is 0 Å². The molecular formula is C20H21N5O2. The number of H-pyrrole nitrogens is 1. The van der Waals surface area contributed by atoms with Crippen molar-refractivity contribution in [2.45, 2.75) is 37.8 Å². The van der Waals surface area contributed by atoms with Crippen LogP contribution in [0.5, 0.6) is 6.01 Å². The monoisotopic (exact) mass is 363 g/mol. The molecule has 7 heteroatoms. The molecule has 0 unspecified atom stereocenters. The van der Waals surface area contributed by atoms with Gasteiger partial charge in [0.25, 0.3) is 5.91 Å². The average molecular weight is 363 g/mol. The van der Waals surface area contributed by atoms with Crippen LogP contribution in [0.3, 0.4) is 0 Å². The summed E-state index contributed by atoms with van der Waals surface area (Å²) >= 11 is 0. The van der Waals surface area contributed by atoms with E-state index in [1.165, 1.54) is 0 Å². The Bertz CT molecular complexity index is 874. The number of amides is 1. The van der Waals surface area contributed by atoms with E-state index in [0.29, 0.717) is 11.7 Å². The molecule has 0 spiro atoms. The quantitative estimate of drug-likeness (QED) is 0.727. The van der Waals surface area contributed by atoms with Gasteiger partial charge in [-0.3, -0.25) is 9.89 Å². The largest absolute Gasteiger partial charge is 0.460 e.